The molecular weight excluding hydrogens is 345 g/mol. The Bertz CT molecular complexity index is 716. The molecular formula is C17H23Cl2N5. The van der Waals surface area contributed by atoms with Crippen LogP contribution in [0.1, 0.15) is 38.2 Å². The number of hydrogen-bond acceptors (Lipinski definition) is 4. The zero-order valence-corrected chi connectivity index (χ0v) is 16.2. The van der Waals surface area contributed by atoms with E-state index in [-0.39, 0.29) is 11.5 Å². The van der Waals surface area contributed by atoms with Crippen LogP contribution in [0, 0.1) is 5.41 Å². The van der Waals surface area contributed by atoms with Gasteiger partial charge in [0.25, 0.3) is 0 Å². The summed E-state index contributed by atoms with van der Waals surface area (Å²) >= 11 is 12.2. The number of allylic oxidation sites excluding steroid dienone is 1. The highest BCUT2D eigenvalue weighted by molar-refractivity contribution is 6.35. The summed E-state index contributed by atoms with van der Waals surface area (Å²) in [6, 6.07) is 5.47. The van der Waals surface area contributed by atoms with Gasteiger partial charge < -0.3 is 4.90 Å². The molecule has 0 bridgehead atoms. The standard InChI is InChI=1S/C17H23Cl2N5/c1-17(2,3)15(24-16(11-23(4)5)20-21-22-24)9-7-12-6-8-13(18)10-14(12)19/h6-10,15H,11H2,1-5H3. The number of benzene rings is 1. The second-order valence-corrected chi connectivity index (χ2v) is 7.96. The Balaban J connectivity index is 2.37. The van der Waals surface area contributed by atoms with Gasteiger partial charge in [-0.3, -0.25) is 0 Å². The molecule has 0 saturated carbocycles. The third-order valence-corrected chi connectivity index (χ3v) is 4.15. The van der Waals surface area contributed by atoms with Crippen LogP contribution in [0.25, 0.3) is 6.08 Å². The number of rotatable bonds is 5. The van der Waals surface area contributed by atoms with E-state index in [1.165, 1.54) is 0 Å². The lowest BCUT2D eigenvalue weighted by atomic mass is 9.86. The van der Waals surface area contributed by atoms with E-state index in [0.29, 0.717) is 16.6 Å². The van der Waals surface area contributed by atoms with Gasteiger partial charge >= 0.3 is 0 Å². The zero-order chi connectivity index (χ0) is 17.9. The Morgan fingerprint density at radius 2 is 1.96 bits per heavy atom. The Morgan fingerprint density at radius 3 is 2.54 bits per heavy atom. The van der Waals surface area contributed by atoms with E-state index in [1.54, 1.807) is 6.07 Å². The van der Waals surface area contributed by atoms with Crippen molar-refractivity contribution in [2.45, 2.75) is 33.4 Å². The molecule has 0 N–H and O–H groups in total. The Hall–Kier alpha value is -1.43. The monoisotopic (exact) mass is 367 g/mol. The van der Waals surface area contributed by atoms with E-state index in [0.717, 1.165) is 11.4 Å². The van der Waals surface area contributed by atoms with Gasteiger partial charge in [0.15, 0.2) is 5.82 Å². The molecule has 0 spiro atoms. The van der Waals surface area contributed by atoms with Crippen LogP contribution in [0.15, 0.2) is 24.3 Å². The SMILES string of the molecule is CN(C)Cc1nnnn1C(C=Cc1ccc(Cl)cc1Cl)C(C)(C)C. The molecule has 1 unspecified atom stereocenters. The van der Waals surface area contributed by atoms with Crippen LogP contribution in [0.5, 0.6) is 0 Å². The van der Waals surface area contributed by atoms with E-state index in [9.17, 15) is 0 Å². The van der Waals surface area contributed by atoms with Crippen molar-refractivity contribution in [1.29, 1.82) is 0 Å². The van der Waals surface area contributed by atoms with Crippen LogP contribution in [-0.4, -0.2) is 39.2 Å². The third kappa shape index (κ3) is 4.79. The molecule has 0 saturated heterocycles. The van der Waals surface area contributed by atoms with Crippen LogP contribution in [-0.2, 0) is 6.54 Å². The maximum atomic E-state index is 6.26. The van der Waals surface area contributed by atoms with E-state index >= 15 is 0 Å². The summed E-state index contributed by atoms with van der Waals surface area (Å²) in [5.74, 6) is 0.826. The number of nitrogens with zero attached hydrogens (tertiary/aromatic N) is 5. The van der Waals surface area contributed by atoms with Gasteiger partial charge in [0.05, 0.1) is 12.6 Å². The Labute approximate surface area is 153 Å². The number of tetrazole rings is 1. The first-order valence-electron chi connectivity index (χ1n) is 7.73. The molecule has 7 heteroatoms. The van der Waals surface area contributed by atoms with Crippen LogP contribution >= 0.6 is 23.2 Å². The minimum atomic E-state index is -0.0636. The fourth-order valence-corrected chi connectivity index (χ4v) is 2.86. The zero-order valence-electron chi connectivity index (χ0n) is 14.7. The van der Waals surface area contributed by atoms with E-state index in [4.69, 9.17) is 23.2 Å². The predicted molar refractivity (Wildman–Crippen MR) is 99.2 cm³/mol. The Kier molecular flexibility index (Phi) is 6.01. The van der Waals surface area contributed by atoms with Gasteiger partial charge in [-0.2, -0.15) is 0 Å². The summed E-state index contributed by atoms with van der Waals surface area (Å²) < 4.78 is 1.88. The number of hydrogen-bond donors (Lipinski definition) is 0. The lowest BCUT2D eigenvalue weighted by Gasteiger charge is -2.29. The molecule has 0 fully saturated rings. The molecule has 0 aliphatic carbocycles. The van der Waals surface area contributed by atoms with Gasteiger partial charge in [-0.05, 0) is 47.6 Å². The molecule has 0 aliphatic rings. The molecule has 0 radical (unpaired) electrons. The smallest absolute Gasteiger partial charge is 0.165 e. The van der Waals surface area contributed by atoms with Crippen LogP contribution in [0.4, 0.5) is 0 Å². The Morgan fingerprint density at radius 1 is 1.25 bits per heavy atom. The topological polar surface area (TPSA) is 46.8 Å². The minimum absolute atomic E-state index is 0.00538. The quantitative estimate of drug-likeness (QED) is 0.788. The fraction of sp³-hybridized carbons (Fsp3) is 0.471. The molecule has 2 aromatic rings. The highest BCUT2D eigenvalue weighted by Gasteiger charge is 2.27. The van der Waals surface area contributed by atoms with Crippen molar-refractivity contribution in [3.8, 4) is 0 Å². The third-order valence-electron chi connectivity index (χ3n) is 3.59. The molecule has 130 valence electrons. The van der Waals surface area contributed by atoms with Gasteiger partial charge in [-0.15, -0.1) is 5.10 Å². The average Bonchev–Trinajstić information content (AvgIpc) is 2.87. The molecule has 1 aromatic carbocycles. The van der Waals surface area contributed by atoms with Crippen molar-refractivity contribution >= 4 is 29.3 Å². The molecule has 2 rings (SSSR count). The lowest BCUT2D eigenvalue weighted by molar-refractivity contribution is 0.256. The van der Waals surface area contributed by atoms with Crippen molar-refractivity contribution in [3.63, 3.8) is 0 Å². The second-order valence-electron chi connectivity index (χ2n) is 7.11. The lowest BCUT2D eigenvalue weighted by Crippen LogP contribution is -2.27. The molecule has 0 aliphatic heterocycles. The van der Waals surface area contributed by atoms with Gasteiger partial charge in [-0.25, -0.2) is 4.68 Å². The van der Waals surface area contributed by atoms with Gasteiger partial charge in [0.1, 0.15) is 0 Å². The molecule has 0 amide bonds. The highest BCUT2D eigenvalue weighted by Crippen LogP contribution is 2.33. The first-order valence-corrected chi connectivity index (χ1v) is 8.49. The van der Waals surface area contributed by atoms with Crippen molar-refractivity contribution < 1.29 is 0 Å². The molecule has 24 heavy (non-hydrogen) atoms. The van der Waals surface area contributed by atoms with Gasteiger partial charge in [0.2, 0.25) is 0 Å². The maximum Gasteiger partial charge on any atom is 0.165 e. The largest absolute Gasteiger partial charge is 0.302 e. The first-order chi connectivity index (χ1) is 11.2. The van der Waals surface area contributed by atoms with Gasteiger partial charge in [0, 0.05) is 10.0 Å². The summed E-state index contributed by atoms with van der Waals surface area (Å²) in [4.78, 5) is 2.04. The molecule has 1 heterocycles. The van der Waals surface area contributed by atoms with Crippen molar-refractivity contribution in [2.75, 3.05) is 14.1 Å². The van der Waals surface area contributed by atoms with Crippen molar-refractivity contribution in [2.24, 2.45) is 5.41 Å². The summed E-state index contributed by atoms with van der Waals surface area (Å²) in [7, 11) is 3.99. The normalized spacial score (nSPS) is 13.8. The minimum Gasteiger partial charge on any atom is -0.302 e. The molecule has 1 atom stereocenters. The average molecular weight is 368 g/mol. The summed E-state index contributed by atoms with van der Waals surface area (Å²) in [6.45, 7) is 7.15. The van der Waals surface area contributed by atoms with E-state index in [1.807, 2.05) is 41.9 Å². The second kappa shape index (κ2) is 7.64. The molecule has 1 aromatic heterocycles. The maximum absolute atomic E-state index is 6.26. The van der Waals surface area contributed by atoms with Crippen molar-refractivity contribution in [3.05, 3.63) is 45.7 Å². The van der Waals surface area contributed by atoms with E-state index < -0.39 is 0 Å². The summed E-state index contributed by atoms with van der Waals surface area (Å²) in [5.41, 5.74) is 0.851. The van der Waals surface area contributed by atoms with Crippen molar-refractivity contribution in [1.82, 2.24) is 25.1 Å². The fourth-order valence-electron chi connectivity index (χ4n) is 2.38. The molecule has 5 nitrogen and oxygen atoms in total. The summed E-state index contributed by atoms with van der Waals surface area (Å²) in [5, 5.41) is 13.5. The predicted octanol–water partition coefficient (Wildman–Crippen LogP) is 4.34. The van der Waals surface area contributed by atoms with Crippen LogP contribution in [0.2, 0.25) is 10.0 Å². The van der Waals surface area contributed by atoms with Crippen LogP contribution < -0.4 is 0 Å². The van der Waals surface area contributed by atoms with E-state index in [2.05, 4.69) is 42.4 Å². The number of halogens is 2. The van der Waals surface area contributed by atoms with Gasteiger partial charge in [-0.1, -0.05) is 62.2 Å². The number of aromatic nitrogens is 4. The first kappa shape index (κ1) is 18.9. The van der Waals surface area contributed by atoms with Crippen LogP contribution in [0.3, 0.4) is 0 Å². The highest BCUT2D eigenvalue weighted by atomic mass is 35.5. The summed E-state index contributed by atoms with van der Waals surface area (Å²) in [6.07, 6.45) is 4.08.